The molecule has 0 aromatic carbocycles. The van der Waals surface area contributed by atoms with E-state index >= 15 is 0 Å². The molecule has 0 bridgehead atoms. The molecule has 4 nitrogen and oxygen atoms in total. The summed E-state index contributed by atoms with van der Waals surface area (Å²) in [5.41, 5.74) is -0.431. The number of rotatable bonds is 0. The Morgan fingerprint density at radius 3 is 2.54 bits per heavy atom. The molecule has 0 aliphatic carbocycles. The van der Waals surface area contributed by atoms with Gasteiger partial charge in [-0.3, -0.25) is 9.89 Å². The SMILES string of the molecule is CC1=NCCN1C(=O)OC(C)(C)C. The molecule has 74 valence electrons. The molecule has 0 aromatic rings. The Bertz CT molecular complexity index is 240. The van der Waals surface area contributed by atoms with Crippen LogP contribution in [0.2, 0.25) is 0 Å². The number of nitrogens with zero attached hydrogens (tertiary/aromatic N) is 2. The number of carbonyl (C=O) groups is 1. The molecule has 0 spiro atoms. The van der Waals surface area contributed by atoms with Gasteiger partial charge in [-0.15, -0.1) is 0 Å². The van der Waals surface area contributed by atoms with E-state index in [-0.39, 0.29) is 6.09 Å². The summed E-state index contributed by atoms with van der Waals surface area (Å²) in [4.78, 5) is 17.2. The smallest absolute Gasteiger partial charge is 0.415 e. The predicted octanol–water partition coefficient (Wildman–Crippen LogP) is 1.66. The van der Waals surface area contributed by atoms with Gasteiger partial charge < -0.3 is 4.74 Å². The van der Waals surface area contributed by atoms with E-state index in [1.165, 1.54) is 0 Å². The highest BCUT2D eigenvalue weighted by Crippen LogP contribution is 2.12. The van der Waals surface area contributed by atoms with Gasteiger partial charge in [-0.2, -0.15) is 0 Å². The first kappa shape index (κ1) is 10.0. The first-order valence-corrected chi connectivity index (χ1v) is 4.42. The van der Waals surface area contributed by atoms with Crippen molar-refractivity contribution < 1.29 is 9.53 Å². The number of carbonyl (C=O) groups excluding carboxylic acids is 1. The van der Waals surface area contributed by atoms with E-state index in [4.69, 9.17) is 4.74 Å². The lowest BCUT2D eigenvalue weighted by Crippen LogP contribution is -2.37. The topological polar surface area (TPSA) is 41.9 Å². The van der Waals surface area contributed by atoms with Crippen molar-refractivity contribution in [3.63, 3.8) is 0 Å². The minimum atomic E-state index is -0.431. The van der Waals surface area contributed by atoms with Gasteiger partial charge in [-0.05, 0) is 27.7 Å². The van der Waals surface area contributed by atoms with Crippen LogP contribution in [0.5, 0.6) is 0 Å². The molecule has 0 unspecified atom stereocenters. The molecule has 1 aliphatic heterocycles. The highest BCUT2D eigenvalue weighted by Gasteiger charge is 2.25. The number of hydrogen-bond acceptors (Lipinski definition) is 3. The first-order chi connectivity index (χ1) is 5.90. The third kappa shape index (κ3) is 2.72. The van der Waals surface area contributed by atoms with Gasteiger partial charge in [0.25, 0.3) is 0 Å². The molecule has 1 aliphatic rings. The maximum Gasteiger partial charge on any atom is 0.415 e. The Morgan fingerprint density at radius 2 is 2.15 bits per heavy atom. The van der Waals surface area contributed by atoms with Gasteiger partial charge in [-0.1, -0.05) is 0 Å². The number of hydrogen-bond donors (Lipinski definition) is 0. The number of amidine groups is 1. The third-order valence-corrected chi connectivity index (χ3v) is 1.67. The van der Waals surface area contributed by atoms with Crippen LogP contribution in [0.1, 0.15) is 27.7 Å². The highest BCUT2D eigenvalue weighted by molar-refractivity contribution is 5.95. The molecular weight excluding hydrogens is 168 g/mol. The molecule has 1 rings (SSSR count). The second-order valence-electron chi connectivity index (χ2n) is 4.06. The summed E-state index contributed by atoms with van der Waals surface area (Å²) >= 11 is 0. The van der Waals surface area contributed by atoms with Crippen LogP contribution in [0.4, 0.5) is 4.79 Å². The molecule has 0 atom stereocenters. The minimum Gasteiger partial charge on any atom is -0.443 e. The summed E-state index contributed by atoms with van der Waals surface area (Å²) in [5.74, 6) is 0.745. The van der Waals surface area contributed by atoms with Crippen LogP contribution in [0.25, 0.3) is 0 Å². The molecule has 0 saturated heterocycles. The fraction of sp³-hybridized carbons (Fsp3) is 0.778. The minimum absolute atomic E-state index is 0.300. The second kappa shape index (κ2) is 3.36. The molecule has 0 aromatic heterocycles. The van der Waals surface area contributed by atoms with Crippen molar-refractivity contribution in [1.29, 1.82) is 0 Å². The summed E-state index contributed by atoms with van der Waals surface area (Å²) in [5, 5.41) is 0. The fourth-order valence-electron chi connectivity index (χ4n) is 1.10. The van der Waals surface area contributed by atoms with Gasteiger partial charge >= 0.3 is 6.09 Å². The van der Waals surface area contributed by atoms with Crippen molar-refractivity contribution in [2.45, 2.75) is 33.3 Å². The Labute approximate surface area is 78.6 Å². The van der Waals surface area contributed by atoms with Gasteiger partial charge in [0.15, 0.2) is 0 Å². The maximum atomic E-state index is 11.5. The Hall–Kier alpha value is -1.06. The number of amides is 1. The van der Waals surface area contributed by atoms with Gasteiger partial charge in [0, 0.05) is 0 Å². The van der Waals surface area contributed by atoms with Crippen LogP contribution >= 0.6 is 0 Å². The van der Waals surface area contributed by atoms with Crippen LogP contribution in [0, 0.1) is 0 Å². The van der Waals surface area contributed by atoms with Crippen molar-refractivity contribution in [3.8, 4) is 0 Å². The Morgan fingerprint density at radius 1 is 1.54 bits per heavy atom. The van der Waals surface area contributed by atoms with E-state index < -0.39 is 5.60 Å². The third-order valence-electron chi connectivity index (χ3n) is 1.67. The van der Waals surface area contributed by atoms with E-state index in [0.717, 1.165) is 5.84 Å². The van der Waals surface area contributed by atoms with Crippen LogP contribution in [0.3, 0.4) is 0 Å². The summed E-state index contributed by atoms with van der Waals surface area (Å²) in [7, 11) is 0. The molecule has 0 N–H and O–H groups in total. The van der Waals surface area contributed by atoms with E-state index in [9.17, 15) is 4.79 Å². The molecule has 1 amide bonds. The van der Waals surface area contributed by atoms with Gasteiger partial charge in [0.1, 0.15) is 11.4 Å². The number of aliphatic imine (C=N–C) groups is 1. The van der Waals surface area contributed by atoms with Crippen molar-refractivity contribution >= 4 is 11.9 Å². The van der Waals surface area contributed by atoms with Crippen LogP contribution in [0.15, 0.2) is 4.99 Å². The normalized spacial score (nSPS) is 17.2. The van der Waals surface area contributed by atoms with E-state index in [1.807, 2.05) is 27.7 Å². The zero-order valence-corrected chi connectivity index (χ0v) is 8.63. The Balaban J connectivity index is 2.54. The molecular formula is C9H16N2O2. The highest BCUT2D eigenvalue weighted by atomic mass is 16.6. The van der Waals surface area contributed by atoms with E-state index in [1.54, 1.807) is 4.90 Å². The first-order valence-electron chi connectivity index (χ1n) is 4.42. The molecule has 4 heteroatoms. The largest absolute Gasteiger partial charge is 0.443 e. The van der Waals surface area contributed by atoms with Gasteiger partial charge in [0.2, 0.25) is 0 Å². The monoisotopic (exact) mass is 184 g/mol. The maximum absolute atomic E-state index is 11.5. The lowest BCUT2D eigenvalue weighted by atomic mass is 10.2. The average Bonchev–Trinajstić information content (AvgIpc) is 2.30. The van der Waals surface area contributed by atoms with E-state index in [0.29, 0.717) is 13.1 Å². The van der Waals surface area contributed by atoms with Crippen LogP contribution in [-0.2, 0) is 4.74 Å². The second-order valence-corrected chi connectivity index (χ2v) is 4.06. The number of ether oxygens (including phenoxy) is 1. The quantitative estimate of drug-likeness (QED) is 0.574. The summed E-state index contributed by atoms with van der Waals surface area (Å²) in [6.45, 7) is 8.71. The van der Waals surface area contributed by atoms with Crippen molar-refractivity contribution in [2.75, 3.05) is 13.1 Å². The van der Waals surface area contributed by atoms with Crippen molar-refractivity contribution in [2.24, 2.45) is 4.99 Å². The zero-order valence-electron chi connectivity index (χ0n) is 8.63. The van der Waals surface area contributed by atoms with E-state index in [2.05, 4.69) is 4.99 Å². The van der Waals surface area contributed by atoms with Crippen molar-refractivity contribution in [1.82, 2.24) is 4.90 Å². The van der Waals surface area contributed by atoms with Crippen LogP contribution < -0.4 is 0 Å². The summed E-state index contributed by atoms with van der Waals surface area (Å²) < 4.78 is 5.20. The molecule has 0 radical (unpaired) electrons. The van der Waals surface area contributed by atoms with Gasteiger partial charge in [-0.25, -0.2) is 4.79 Å². The fourth-order valence-corrected chi connectivity index (χ4v) is 1.10. The molecule has 0 fully saturated rings. The van der Waals surface area contributed by atoms with Gasteiger partial charge in [0.05, 0.1) is 13.1 Å². The molecule has 1 heterocycles. The zero-order chi connectivity index (χ0) is 10.1. The standard InChI is InChI=1S/C9H16N2O2/c1-7-10-5-6-11(7)8(12)13-9(2,3)4/h5-6H2,1-4H3. The summed E-state index contributed by atoms with van der Waals surface area (Å²) in [6, 6.07) is 0. The predicted molar refractivity (Wildman–Crippen MR) is 50.9 cm³/mol. The lowest BCUT2D eigenvalue weighted by Gasteiger charge is -2.24. The average molecular weight is 184 g/mol. The van der Waals surface area contributed by atoms with Crippen molar-refractivity contribution in [3.05, 3.63) is 0 Å². The molecule has 0 saturated carbocycles. The molecule has 13 heavy (non-hydrogen) atoms. The lowest BCUT2D eigenvalue weighted by molar-refractivity contribution is 0.0383. The Kier molecular flexibility index (Phi) is 2.59. The summed E-state index contributed by atoms with van der Waals surface area (Å²) in [6.07, 6.45) is -0.300. The van der Waals surface area contributed by atoms with Crippen LogP contribution in [-0.4, -0.2) is 35.5 Å².